The van der Waals surface area contributed by atoms with Crippen molar-refractivity contribution in [2.75, 3.05) is 0 Å². The third kappa shape index (κ3) is 3.19. The van der Waals surface area contributed by atoms with E-state index in [1.807, 2.05) is 36.4 Å². The Labute approximate surface area is 166 Å². The molecule has 5 heteroatoms. The van der Waals surface area contributed by atoms with Crippen molar-refractivity contribution in [3.63, 3.8) is 0 Å². The van der Waals surface area contributed by atoms with Crippen LogP contribution in [0.25, 0.3) is 21.9 Å². The van der Waals surface area contributed by atoms with Crippen LogP contribution in [0.5, 0.6) is 34.5 Å². The molecule has 1 heterocycles. The van der Waals surface area contributed by atoms with Crippen molar-refractivity contribution in [2.45, 2.75) is 0 Å². The van der Waals surface area contributed by atoms with Gasteiger partial charge in [0.25, 0.3) is 0 Å². The summed E-state index contributed by atoms with van der Waals surface area (Å²) in [5.74, 6) is 1.74. The van der Waals surface area contributed by atoms with Crippen molar-refractivity contribution in [3.8, 4) is 34.5 Å². The summed E-state index contributed by atoms with van der Waals surface area (Å²) in [6.07, 6.45) is 0. The van der Waals surface area contributed by atoms with Crippen LogP contribution in [0.1, 0.15) is 0 Å². The number of hydrogen-bond donors (Lipinski definition) is 2. The van der Waals surface area contributed by atoms with Crippen LogP contribution in [0, 0.1) is 0 Å². The van der Waals surface area contributed by atoms with E-state index in [9.17, 15) is 10.2 Å². The number of ether oxygens (including phenoxy) is 2. The molecule has 4 aromatic carbocycles. The molecule has 2 N–H and O–H groups in total. The first-order chi connectivity index (χ1) is 14.2. The summed E-state index contributed by atoms with van der Waals surface area (Å²) < 4.78 is 17.4. The number of rotatable bonds is 4. The normalized spacial score (nSPS) is 11.0. The highest BCUT2D eigenvalue weighted by Gasteiger charge is 2.16. The number of hydrogen-bond acceptors (Lipinski definition) is 5. The average Bonchev–Trinajstić information content (AvgIpc) is 3.06. The molecular formula is C24H16O5. The standard InChI is InChI=1S/C24H16O5/c25-19-11-17-18-12-20(26)24(28-16-9-5-2-6-10-16)14-22(18)29-21(17)13-23(19)27-15-7-3-1-4-8-15/h1-14,25-26H. The number of benzene rings is 4. The van der Waals surface area contributed by atoms with Gasteiger partial charge in [-0.2, -0.15) is 0 Å². The first-order valence-corrected chi connectivity index (χ1v) is 9.05. The van der Waals surface area contributed by atoms with Gasteiger partial charge in [0.05, 0.1) is 0 Å². The summed E-state index contributed by atoms with van der Waals surface area (Å²) in [6, 6.07) is 24.8. The third-order valence-electron chi connectivity index (χ3n) is 4.57. The van der Waals surface area contributed by atoms with Crippen LogP contribution in [0.3, 0.4) is 0 Å². The van der Waals surface area contributed by atoms with Gasteiger partial charge in [-0.05, 0) is 36.4 Å². The Hall–Kier alpha value is -4.12. The number of fused-ring (bicyclic) bond motifs is 3. The minimum absolute atomic E-state index is 0.0202. The zero-order chi connectivity index (χ0) is 19.8. The van der Waals surface area contributed by atoms with Crippen LogP contribution in [0.4, 0.5) is 0 Å². The van der Waals surface area contributed by atoms with Gasteiger partial charge in [-0.3, -0.25) is 0 Å². The van der Waals surface area contributed by atoms with Crippen molar-refractivity contribution in [2.24, 2.45) is 0 Å². The highest BCUT2D eigenvalue weighted by Crippen LogP contribution is 2.42. The third-order valence-corrected chi connectivity index (χ3v) is 4.57. The van der Waals surface area contributed by atoms with E-state index >= 15 is 0 Å². The highest BCUT2D eigenvalue weighted by atomic mass is 16.5. The van der Waals surface area contributed by atoms with Gasteiger partial charge < -0.3 is 24.1 Å². The van der Waals surface area contributed by atoms with Gasteiger partial charge in [0.1, 0.15) is 22.7 Å². The fourth-order valence-electron chi connectivity index (χ4n) is 3.20. The predicted molar refractivity (Wildman–Crippen MR) is 110 cm³/mol. The molecule has 0 amide bonds. The molecule has 1 aromatic heterocycles. The molecular weight excluding hydrogens is 368 g/mol. The molecule has 0 atom stereocenters. The molecule has 0 fully saturated rings. The number of phenolic OH excluding ortho intramolecular Hbond substituents is 2. The summed E-state index contributed by atoms with van der Waals surface area (Å²) >= 11 is 0. The van der Waals surface area contributed by atoms with Crippen LogP contribution < -0.4 is 9.47 Å². The van der Waals surface area contributed by atoms with Crippen LogP contribution in [0.15, 0.2) is 89.3 Å². The van der Waals surface area contributed by atoms with Gasteiger partial charge in [0.2, 0.25) is 0 Å². The molecule has 0 saturated carbocycles. The van der Waals surface area contributed by atoms with Gasteiger partial charge in [0.15, 0.2) is 23.0 Å². The summed E-state index contributed by atoms with van der Waals surface area (Å²) in [5, 5.41) is 22.2. The quantitative estimate of drug-likeness (QED) is 0.366. The van der Waals surface area contributed by atoms with Crippen LogP contribution >= 0.6 is 0 Å². The average molecular weight is 384 g/mol. The molecule has 0 unspecified atom stereocenters. The zero-order valence-electron chi connectivity index (χ0n) is 15.2. The minimum atomic E-state index is -0.0202. The number of phenols is 2. The van der Waals surface area contributed by atoms with Gasteiger partial charge >= 0.3 is 0 Å². The maximum Gasteiger partial charge on any atom is 0.172 e. The number of aromatic hydroxyl groups is 2. The maximum absolute atomic E-state index is 10.4. The molecule has 0 aliphatic carbocycles. The summed E-state index contributed by atoms with van der Waals surface area (Å²) in [6.45, 7) is 0. The Morgan fingerprint density at radius 1 is 0.552 bits per heavy atom. The maximum atomic E-state index is 10.4. The second kappa shape index (κ2) is 6.80. The molecule has 5 rings (SSSR count). The molecule has 0 aliphatic heterocycles. The van der Waals surface area contributed by atoms with Crippen molar-refractivity contribution in [1.82, 2.24) is 0 Å². The Balaban J connectivity index is 1.57. The van der Waals surface area contributed by atoms with Crippen molar-refractivity contribution < 1.29 is 24.1 Å². The SMILES string of the molecule is Oc1cc2c(cc1Oc1ccccc1)oc1cc(Oc3ccccc3)c(O)cc12. The van der Waals surface area contributed by atoms with Gasteiger partial charge in [-0.25, -0.2) is 0 Å². The van der Waals surface area contributed by atoms with Crippen molar-refractivity contribution in [1.29, 1.82) is 0 Å². The number of para-hydroxylation sites is 2. The van der Waals surface area contributed by atoms with E-state index in [-0.39, 0.29) is 23.0 Å². The van der Waals surface area contributed by atoms with E-state index < -0.39 is 0 Å². The monoisotopic (exact) mass is 384 g/mol. The smallest absolute Gasteiger partial charge is 0.172 e. The van der Waals surface area contributed by atoms with E-state index in [2.05, 4.69) is 0 Å². The molecule has 0 aliphatic rings. The Morgan fingerprint density at radius 2 is 0.966 bits per heavy atom. The number of furan rings is 1. The lowest BCUT2D eigenvalue weighted by atomic mass is 10.1. The molecule has 0 saturated heterocycles. The van der Waals surface area contributed by atoms with E-state index in [1.165, 1.54) is 0 Å². The van der Waals surface area contributed by atoms with Crippen LogP contribution in [-0.4, -0.2) is 10.2 Å². The zero-order valence-corrected chi connectivity index (χ0v) is 15.2. The van der Waals surface area contributed by atoms with Gasteiger partial charge in [-0.1, -0.05) is 36.4 Å². The Kier molecular flexibility index (Phi) is 3.99. The molecule has 0 radical (unpaired) electrons. The lowest BCUT2D eigenvalue weighted by Gasteiger charge is -2.07. The summed E-state index contributed by atoms with van der Waals surface area (Å²) in [5.41, 5.74) is 1.06. The van der Waals surface area contributed by atoms with Gasteiger partial charge in [-0.15, -0.1) is 0 Å². The Bertz CT molecular complexity index is 1210. The highest BCUT2D eigenvalue weighted by molar-refractivity contribution is 6.07. The topological polar surface area (TPSA) is 72.1 Å². The summed E-state index contributed by atoms with van der Waals surface area (Å²) in [7, 11) is 0. The summed E-state index contributed by atoms with van der Waals surface area (Å²) in [4.78, 5) is 0. The van der Waals surface area contributed by atoms with E-state index in [4.69, 9.17) is 13.9 Å². The molecule has 142 valence electrons. The van der Waals surface area contributed by atoms with E-state index in [1.54, 1.807) is 48.5 Å². The Morgan fingerprint density at radius 3 is 1.38 bits per heavy atom. The molecule has 5 nitrogen and oxygen atoms in total. The van der Waals surface area contributed by atoms with Crippen molar-refractivity contribution in [3.05, 3.63) is 84.9 Å². The molecule has 0 spiro atoms. The van der Waals surface area contributed by atoms with Crippen LogP contribution in [0.2, 0.25) is 0 Å². The lowest BCUT2D eigenvalue weighted by molar-refractivity contribution is 0.411. The minimum Gasteiger partial charge on any atom is -0.504 e. The van der Waals surface area contributed by atoms with Gasteiger partial charge in [0, 0.05) is 22.9 Å². The first-order valence-electron chi connectivity index (χ1n) is 9.05. The predicted octanol–water partition coefficient (Wildman–Crippen LogP) is 6.58. The van der Waals surface area contributed by atoms with Crippen LogP contribution in [-0.2, 0) is 0 Å². The largest absolute Gasteiger partial charge is 0.504 e. The second-order valence-electron chi connectivity index (χ2n) is 6.56. The van der Waals surface area contributed by atoms with Crippen molar-refractivity contribution >= 4 is 21.9 Å². The van der Waals surface area contributed by atoms with E-state index in [0.29, 0.717) is 33.4 Å². The second-order valence-corrected chi connectivity index (χ2v) is 6.56. The fraction of sp³-hybridized carbons (Fsp3) is 0. The van der Waals surface area contributed by atoms with E-state index in [0.717, 1.165) is 0 Å². The molecule has 29 heavy (non-hydrogen) atoms. The first kappa shape index (κ1) is 17.0. The fourth-order valence-corrected chi connectivity index (χ4v) is 3.20. The molecule has 5 aromatic rings. The molecule has 0 bridgehead atoms. The lowest BCUT2D eigenvalue weighted by Crippen LogP contribution is -1.85.